The number of fused-ring (bicyclic) bond motifs is 3. The number of aryl methyl sites for hydroxylation is 7. The molecule has 676 valence electrons. The number of aliphatic imine (C=N–C) groups is 1. The molecule has 39 nitrogen and oxygen atoms in total. The van der Waals surface area contributed by atoms with Crippen molar-refractivity contribution < 1.29 is 89.5 Å². The molecular formula is C82H103ClF3N23O16S. The van der Waals surface area contributed by atoms with E-state index in [9.17, 15) is 61.1 Å². The highest BCUT2D eigenvalue weighted by molar-refractivity contribution is 7.15. The number of carbonyl (C=O) groups is 10. The maximum atomic E-state index is 13.6. The van der Waals surface area contributed by atoms with Crippen molar-refractivity contribution in [2.45, 2.75) is 77.9 Å². The normalized spacial score (nSPS) is 12.4. The zero-order valence-electron chi connectivity index (χ0n) is 71.0. The Balaban J connectivity index is 0.495. The number of halogens is 4. The molecular weight excluding hydrogens is 1690 g/mol. The van der Waals surface area contributed by atoms with E-state index in [1.165, 1.54) is 74.2 Å². The van der Waals surface area contributed by atoms with Crippen molar-refractivity contribution in [3.63, 3.8) is 0 Å². The van der Waals surface area contributed by atoms with Gasteiger partial charge in [0.25, 0.3) is 29.5 Å². The molecule has 10 rings (SSSR count). The highest BCUT2D eigenvalue weighted by atomic mass is 35.5. The van der Waals surface area contributed by atoms with Crippen LogP contribution in [0.4, 0.5) is 41.9 Å². The van der Waals surface area contributed by atoms with Gasteiger partial charge < -0.3 is 104 Å². The summed E-state index contributed by atoms with van der Waals surface area (Å²) in [6.45, 7) is 8.13. The second-order valence-electron chi connectivity index (χ2n) is 29.1. The summed E-state index contributed by atoms with van der Waals surface area (Å²) in [5, 5.41) is 37.2. The van der Waals surface area contributed by atoms with Crippen LogP contribution in [0.15, 0.2) is 103 Å². The lowest BCUT2D eigenvalue weighted by atomic mass is 9.99. The molecule has 10 N–H and O–H groups in total. The fraction of sp³-hybridized carbons (Fsp3) is 0.439. The molecule has 0 aliphatic carbocycles. The average molecular weight is 1790 g/mol. The number of rotatable bonds is 50. The molecule has 9 aromatic rings. The van der Waals surface area contributed by atoms with E-state index in [-0.39, 0.29) is 169 Å². The monoisotopic (exact) mass is 1790 g/mol. The first kappa shape index (κ1) is 95.7. The van der Waals surface area contributed by atoms with Crippen LogP contribution in [0.5, 0.6) is 5.75 Å². The summed E-state index contributed by atoms with van der Waals surface area (Å²) in [7, 11) is 7.92. The molecule has 0 saturated heterocycles. The molecule has 0 saturated carbocycles. The van der Waals surface area contributed by atoms with Gasteiger partial charge in [-0.2, -0.15) is 13.2 Å². The van der Waals surface area contributed by atoms with E-state index in [1.54, 1.807) is 73.7 Å². The van der Waals surface area contributed by atoms with E-state index in [1.807, 2.05) is 35.8 Å². The Labute approximate surface area is 732 Å². The lowest BCUT2D eigenvalue weighted by molar-refractivity contribution is -0.146. The van der Waals surface area contributed by atoms with Gasteiger partial charge in [0.05, 0.1) is 96.1 Å². The second-order valence-corrected chi connectivity index (χ2v) is 30.7. The van der Waals surface area contributed by atoms with Crippen LogP contribution in [0.3, 0.4) is 0 Å². The fourth-order valence-electron chi connectivity index (χ4n) is 13.0. The number of anilines is 5. The van der Waals surface area contributed by atoms with Gasteiger partial charge in [0, 0.05) is 171 Å². The topological polar surface area (TPSA) is 456 Å². The number of imidazole rings is 3. The third-order valence-electron chi connectivity index (χ3n) is 19.3. The van der Waals surface area contributed by atoms with Gasteiger partial charge in [-0.15, -0.1) is 21.5 Å². The largest absolute Gasteiger partial charge is 0.491 e. The van der Waals surface area contributed by atoms with Gasteiger partial charge in [-0.05, 0) is 87.7 Å². The second kappa shape index (κ2) is 47.0. The molecule has 8 heterocycles. The molecule has 1 atom stereocenters. The van der Waals surface area contributed by atoms with E-state index in [2.05, 4.69) is 92.2 Å². The Kier molecular flexibility index (Phi) is 35.7. The molecule has 7 aromatic heterocycles. The molecule has 0 fully saturated rings. The molecule has 10 amide bonds. The van der Waals surface area contributed by atoms with Crippen LogP contribution < -0.4 is 57.9 Å². The first-order valence-corrected chi connectivity index (χ1v) is 41.7. The zero-order chi connectivity index (χ0) is 90.4. The number of thiophene rings is 1. The quantitative estimate of drug-likeness (QED) is 0.0188. The van der Waals surface area contributed by atoms with Crippen LogP contribution in [0.25, 0.3) is 5.00 Å². The number of nitrogens with zero attached hydrogens (tertiary/aromatic N) is 13. The highest BCUT2D eigenvalue weighted by Crippen LogP contribution is 2.40. The number of benzene rings is 2. The van der Waals surface area contributed by atoms with Crippen molar-refractivity contribution in [2.75, 3.05) is 152 Å². The molecule has 1 unspecified atom stereocenters. The summed E-state index contributed by atoms with van der Waals surface area (Å²) >= 11 is 7.90. The molecule has 1 aliphatic rings. The summed E-state index contributed by atoms with van der Waals surface area (Å²) < 4.78 is 83.4. The lowest BCUT2D eigenvalue weighted by Crippen LogP contribution is -2.38. The average Bonchev–Trinajstić information content (AvgIpc) is 1.59. The minimum Gasteiger partial charge on any atom is -0.491 e. The smallest absolute Gasteiger partial charge is 0.401 e. The Morgan fingerprint density at radius 3 is 1.52 bits per heavy atom. The van der Waals surface area contributed by atoms with Gasteiger partial charge in [-0.1, -0.05) is 23.7 Å². The summed E-state index contributed by atoms with van der Waals surface area (Å²) in [5.41, 5.74) is 5.30. The third kappa shape index (κ3) is 29.0. The summed E-state index contributed by atoms with van der Waals surface area (Å²) in [5.74, 6) is -2.92. The number of amides is 10. The van der Waals surface area contributed by atoms with Crippen molar-refractivity contribution in [2.24, 2.45) is 40.2 Å². The number of hydrogen-bond acceptors (Lipinski definition) is 24. The predicted molar refractivity (Wildman–Crippen MR) is 459 cm³/mol. The molecule has 126 heavy (non-hydrogen) atoms. The van der Waals surface area contributed by atoms with Crippen molar-refractivity contribution >= 4 is 116 Å². The predicted octanol–water partition coefficient (Wildman–Crippen LogP) is 6.28. The summed E-state index contributed by atoms with van der Waals surface area (Å²) in [6.07, 6.45) is 4.48. The number of alkyl halides is 3. The molecule has 0 spiro atoms. The molecule has 44 heteroatoms. The minimum absolute atomic E-state index is 0.00431. The third-order valence-corrected chi connectivity index (χ3v) is 20.7. The van der Waals surface area contributed by atoms with Crippen LogP contribution in [0, 0.1) is 20.8 Å². The Bertz CT molecular complexity index is 5290. The van der Waals surface area contributed by atoms with Gasteiger partial charge in [-0.25, -0.2) is 15.0 Å². The lowest BCUT2D eigenvalue weighted by Gasteiger charge is -2.23. The van der Waals surface area contributed by atoms with Gasteiger partial charge >= 0.3 is 6.18 Å². The highest BCUT2D eigenvalue weighted by Gasteiger charge is 2.34. The Morgan fingerprint density at radius 2 is 0.992 bits per heavy atom. The molecule has 0 bridgehead atoms. The van der Waals surface area contributed by atoms with Crippen molar-refractivity contribution in [1.82, 2.24) is 84.0 Å². The standard InChI is InChI=1S/C82H103ClF3N23O16S/c1-51-52(2)126-81-70(51)71(54-11-13-55(83)14-12-54)96-60(72-102-101-53(3)109(72)81)45-69(114)93-56-15-17-59(18-16-56)125-42-41-124-40-39-123-38-37-122-36-35-121-34-33-120-32-22-66(111)88-24-10-30-108(50-82(84,85)86)29-9-23-87-65(110)19-25-92-78(117)74-99-63(48-106(74)7)97-67(112)20-26-91-77(116)62-44-58(47-105(62)6)95-80(119)75-100-64(49-107(75)8)98-68(113)21-27-90-76(115)61-43-57(46-104(61)5)94-79(118)73-89-28-31-103(73)4/h11-18,28,31,43-44,46-49,60H,9-10,19-27,29-30,32-42,45,50H2,1-8H3,(H,87,110)(H,88,111)(H,90,115)(H,91,116)(H,92,117)(H,93,114)(H,94,118)(H,95,119)(H,97,112)(H,98,113). The van der Waals surface area contributed by atoms with E-state index >= 15 is 0 Å². The first-order valence-electron chi connectivity index (χ1n) is 40.5. The Hall–Kier alpha value is -12.5. The van der Waals surface area contributed by atoms with Gasteiger partial charge in [0.15, 0.2) is 23.3 Å². The summed E-state index contributed by atoms with van der Waals surface area (Å²) in [4.78, 5) is 149. The van der Waals surface area contributed by atoms with Gasteiger partial charge in [0.2, 0.25) is 41.2 Å². The first-order chi connectivity index (χ1) is 60.4. The van der Waals surface area contributed by atoms with Crippen LogP contribution in [-0.2, 0) is 82.9 Å². The fourth-order valence-corrected chi connectivity index (χ4v) is 14.3. The van der Waals surface area contributed by atoms with Gasteiger partial charge in [-0.3, -0.25) is 62.4 Å². The van der Waals surface area contributed by atoms with Crippen LogP contribution in [0.2, 0.25) is 5.02 Å². The van der Waals surface area contributed by atoms with Crippen LogP contribution in [0.1, 0.15) is 137 Å². The van der Waals surface area contributed by atoms with Gasteiger partial charge in [0.1, 0.15) is 40.6 Å². The Morgan fingerprint density at radius 1 is 0.500 bits per heavy atom. The van der Waals surface area contributed by atoms with E-state index < -0.39 is 66.0 Å². The van der Waals surface area contributed by atoms with Crippen LogP contribution >= 0.6 is 22.9 Å². The van der Waals surface area contributed by atoms with E-state index in [0.717, 1.165) is 32.3 Å². The number of aromatic nitrogens is 11. The van der Waals surface area contributed by atoms with E-state index in [0.29, 0.717) is 86.7 Å². The van der Waals surface area contributed by atoms with Crippen molar-refractivity contribution in [3.05, 3.63) is 165 Å². The maximum Gasteiger partial charge on any atom is 0.401 e. The minimum atomic E-state index is -4.49. The van der Waals surface area contributed by atoms with E-state index in [4.69, 9.17) is 45.0 Å². The number of hydrogen-bond donors (Lipinski definition) is 10. The van der Waals surface area contributed by atoms with Crippen molar-refractivity contribution in [1.29, 1.82) is 0 Å². The van der Waals surface area contributed by atoms with Crippen LogP contribution in [-0.4, -0.2) is 253 Å². The SMILES string of the molecule is Cc1sc2c(c1C)C(c1ccc(Cl)cc1)=NC(CC(=O)Nc1ccc(OCCOCCOCCOCCOCCOCCC(=O)NCCCN(CCCNC(=O)CCNC(=O)c3nc(NC(=O)CCNC(=O)c4cc(NC(=O)c5nc(NC(=O)CCNC(=O)c6cc(NC(=O)c7nccn7C)cn6C)cn5C)cn4C)cn3C)CC(F)(F)F)cc1)c1nnc(C)n1-2. The summed E-state index contributed by atoms with van der Waals surface area (Å²) in [6, 6.07) is 16.9. The zero-order valence-corrected chi connectivity index (χ0v) is 72.5. The van der Waals surface area contributed by atoms with Crippen molar-refractivity contribution in [3.8, 4) is 10.8 Å². The molecule has 2 aromatic carbocycles. The maximum absolute atomic E-state index is 13.6. The molecule has 1 aliphatic heterocycles. The number of carbonyl (C=O) groups excluding carboxylic acids is 10. The number of nitrogens with one attached hydrogen (secondary N) is 10. The molecule has 0 radical (unpaired) electrons. The number of ether oxygens (including phenoxy) is 6.